The predicted octanol–water partition coefficient (Wildman–Crippen LogP) is 2.05. The molecule has 2 atom stereocenters. The minimum absolute atomic E-state index is 0.0977. The van der Waals surface area contributed by atoms with Gasteiger partial charge in [0.2, 0.25) is 5.95 Å². The first kappa shape index (κ1) is 17.2. The maximum absolute atomic E-state index is 13.6. The normalized spacial score (nSPS) is 20.0. The Balaban J connectivity index is 1.94. The Kier molecular flexibility index (Phi) is 4.63. The van der Waals surface area contributed by atoms with E-state index >= 15 is 0 Å². The van der Waals surface area contributed by atoms with Gasteiger partial charge in [0.05, 0.1) is 12.1 Å². The monoisotopic (exact) mass is 348 g/mol. The molecule has 1 fully saturated rings. The molecule has 1 aliphatic rings. The maximum Gasteiger partial charge on any atom is 0.273 e. The van der Waals surface area contributed by atoms with Crippen molar-refractivity contribution in [3.8, 4) is 0 Å². The van der Waals surface area contributed by atoms with Crippen molar-refractivity contribution in [2.75, 3.05) is 18.9 Å². The number of anilines is 1. The Labute approximate surface area is 143 Å². The number of amides is 1. The largest absolute Gasteiger partial charge is 0.391 e. The van der Waals surface area contributed by atoms with Gasteiger partial charge < -0.3 is 15.3 Å². The number of carbonyl (C=O) groups excluding carboxylic acids is 1. The predicted molar refractivity (Wildman–Crippen MR) is 87.1 cm³/mol. The number of aliphatic hydroxyl groups excluding tert-OH is 1. The molecule has 0 radical (unpaired) electrons. The summed E-state index contributed by atoms with van der Waals surface area (Å²) in [5.41, 5.74) is 1.23. The lowest BCUT2D eigenvalue weighted by molar-refractivity contribution is 0.0709. The molecule has 1 aromatic carbocycles. The fourth-order valence-electron chi connectivity index (χ4n) is 3.01. The van der Waals surface area contributed by atoms with Gasteiger partial charge in [-0.1, -0.05) is 6.07 Å². The van der Waals surface area contributed by atoms with Gasteiger partial charge in [0.1, 0.15) is 5.69 Å². The van der Waals surface area contributed by atoms with Crippen molar-refractivity contribution >= 4 is 11.9 Å². The number of aliphatic hydroxyl groups is 1. The number of halogens is 2. The van der Waals surface area contributed by atoms with E-state index in [9.17, 15) is 18.7 Å². The van der Waals surface area contributed by atoms with E-state index in [0.29, 0.717) is 17.2 Å². The summed E-state index contributed by atoms with van der Waals surface area (Å²) in [5, 5.41) is 12.8. The number of aryl methyl sites for hydroxylation is 1. The summed E-state index contributed by atoms with van der Waals surface area (Å²) in [6.07, 6.45) is -0.492. The van der Waals surface area contributed by atoms with Crippen LogP contribution in [0, 0.1) is 18.6 Å². The Morgan fingerprint density at radius 2 is 2.04 bits per heavy atom. The van der Waals surface area contributed by atoms with Crippen molar-refractivity contribution in [3.05, 3.63) is 52.9 Å². The molecule has 0 bridgehead atoms. The highest BCUT2D eigenvalue weighted by molar-refractivity contribution is 5.93. The molecule has 0 unspecified atom stereocenters. The third-order valence-electron chi connectivity index (χ3n) is 4.17. The van der Waals surface area contributed by atoms with Crippen molar-refractivity contribution < 1.29 is 18.7 Å². The molecular formula is C17H18F2N4O2. The van der Waals surface area contributed by atoms with Crippen molar-refractivity contribution in [2.24, 2.45) is 0 Å². The maximum atomic E-state index is 13.6. The average Bonchev–Trinajstić information content (AvgIpc) is 2.97. The quantitative estimate of drug-likeness (QED) is 0.888. The summed E-state index contributed by atoms with van der Waals surface area (Å²) in [7, 11) is 1.65. The Bertz CT molecular complexity index is 815. The minimum Gasteiger partial charge on any atom is -0.391 e. The van der Waals surface area contributed by atoms with E-state index in [1.54, 1.807) is 20.0 Å². The first-order chi connectivity index (χ1) is 11.9. The van der Waals surface area contributed by atoms with E-state index in [0.717, 1.165) is 12.1 Å². The van der Waals surface area contributed by atoms with Crippen LogP contribution in [-0.4, -0.2) is 45.6 Å². The minimum atomic E-state index is -0.985. The summed E-state index contributed by atoms with van der Waals surface area (Å²) < 4.78 is 26.7. The molecule has 6 nitrogen and oxygen atoms in total. The Morgan fingerprint density at radius 3 is 2.72 bits per heavy atom. The first-order valence-corrected chi connectivity index (χ1v) is 7.86. The van der Waals surface area contributed by atoms with Gasteiger partial charge in [-0.15, -0.1) is 0 Å². The fraction of sp³-hybridized carbons (Fsp3) is 0.353. The van der Waals surface area contributed by atoms with Crippen molar-refractivity contribution in [1.29, 1.82) is 0 Å². The second kappa shape index (κ2) is 6.72. The summed E-state index contributed by atoms with van der Waals surface area (Å²) in [6, 6.07) is 4.50. The topological polar surface area (TPSA) is 78.4 Å². The first-order valence-electron chi connectivity index (χ1n) is 7.86. The number of rotatable bonds is 3. The molecule has 0 aliphatic carbocycles. The van der Waals surface area contributed by atoms with Gasteiger partial charge in [-0.25, -0.2) is 18.7 Å². The number of nitrogens with zero attached hydrogens (tertiary/aromatic N) is 3. The molecule has 2 aromatic rings. The van der Waals surface area contributed by atoms with Crippen LogP contribution < -0.4 is 5.32 Å². The molecule has 3 rings (SSSR count). The molecule has 8 heteroatoms. The molecule has 2 heterocycles. The fourth-order valence-corrected chi connectivity index (χ4v) is 3.01. The lowest BCUT2D eigenvalue weighted by atomic mass is 10.0. The van der Waals surface area contributed by atoms with Crippen LogP contribution in [0.5, 0.6) is 0 Å². The van der Waals surface area contributed by atoms with Crippen LogP contribution >= 0.6 is 0 Å². The summed E-state index contributed by atoms with van der Waals surface area (Å²) in [4.78, 5) is 22.6. The number of benzene rings is 1. The van der Waals surface area contributed by atoms with Crippen LogP contribution in [0.3, 0.4) is 0 Å². The van der Waals surface area contributed by atoms with Crippen LogP contribution in [0.4, 0.5) is 14.7 Å². The molecule has 0 saturated carbocycles. The molecule has 1 aromatic heterocycles. The highest BCUT2D eigenvalue weighted by Crippen LogP contribution is 2.34. The SMILES string of the molecule is CNc1nc(C)cc(C(=O)N2C[C@H](O)C[C@H]2c2ccc(F)c(F)c2)n1. The van der Waals surface area contributed by atoms with Crippen LogP contribution in [0.2, 0.25) is 0 Å². The summed E-state index contributed by atoms with van der Waals surface area (Å²) in [5.74, 6) is -2.02. The number of nitrogens with one attached hydrogen (secondary N) is 1. The van der Waals surface area contributed by atoms with Gasteiger partial charge in [0.25, 0.3) is 5.91 Å². The van der Waals surface area contributed by atoms with Crippen molar-refractivity contribution in [1.82, 2.24) is 14.9 Å². The zero-order valence-corrected chi connectivity index (χ0v) is 13.8. The van der Waals surface area contributed by atoms with E-state index in [-0.39, 0.29) is 18.7 Å². The molecule has 25 heavy (non-hydrogen) atoms. The second-order valence-electron chi connectivity index (χ2n) is 6.00. The van der Waals surface area contributed by atoms with Gasteiger partial charge >= 0.3 is 0 Å². The smallest absolute Gasteiger partial charge is 0.273 e. The zero-order chi connectivity index (χ0) is 18.1. The number of aromatic nitrogens is 2. The van der Waals surface area contributed by atoms with Crippen LogP contribution in [-0.2, 0) is 0 Å². The second-order valence-corrected chi connectivity index (χ2v) is 6.00. The van der Waals surface area contributed by atoms with E-state index in [4.69, 9.17) is 0 Å². The van der Waals surface area contributed by atoms with Gasteiger partial charge in [0.15, 0.2) is 11.6 Å². The van der Waals surface area contributed by atoms with E-state index < -0.39 is 29.7 Å². The number of carbonyl (C=O) groups is 1. The molecule has 1 aliphatic heterocycles. The van der Waals surface area contributed by atoms with Crippen LogP contribution in [0.1, 0.15) is 34.2 Å². The average molecular weight is 348 g/mol. The lowest BCUT2D eigenvalue weighted by Crippen LogP contribution is -2.32. The standard InChI is InChI=1S/C17H18F2N4O2/c1-9-5-14(22-17(20-2)21-9)16(25)23-8-11(24)7-15(23)10-3-4-12(18)13(19)6-10/h3-6,11,15,24H,7-8H2,1-2H3,(H,20,21,22)/t11-,15+/m1/s1. The highest BCUT2D eigenvalue weighted by atomic mass is 19.2. The third-order valence-corrected chi connectivity index (χ3v) is 4.17. The van der Waals surface area contributed by atoms with Gasteiger partial charge in [0, 0.05) is 19.3 Å². The number of β-amino-alcohol motifs (C(OH)–C–C–N with tert-alkyl or cyclic N) is 1. The van der Waals surface area contributed by atoms with Crippen molar-refractivity contribution in [2.45, 2.75) is 25.5 Å². The zero-order valence-electron chi connectivity index (χ0n) is 13.8. The summed E-state index contributed by atoms with van der Waals surface area (Å²) >= 11 is 0. The van der Waals surface area contributed by atoms with Crippen LogP contribution in [0.25, 0.3) is 0 Å². The van der Waals surface area contributed by atoms with Gasteiger partial charge in [-0.05, 0) is 37.1 Å². The molecule has 0 spiro atoms. The number of hydrogen-bond acceptors (Lipinski definition) is 5. The van der Waals surface area contributed by atoms with E-state index in [1.807, 2.05) is 0 Å². The van der Waals surface area contributed by atoms with E-state index in [1.165, 1.54) is 11.0 Å². The van der Waals surface area contributed by atoms with Gasteiger partial charge in [-0.3, -0.25) is 4.79 Å². The van der Waals surface area contributed by atoms with E-state index in [2.05, 4.69) is 15.3 Å². The lowest BCUT2D eigenvalue weighted by Gasteiger charge is -2.24. The third kappa shape index (κ3) is 3.43. The van der Waals surface area contributed by atoms with Crippen LogP contribution in [0.15, 0.2) is 24.3 Å². The summed E-state index contributed by atoms with van der Waals surface area (Å²) in [6.45, 7) is 1.84. The molecule has 1 amide bonds. The Morgan fingerprint density at radius 1 is 1.28 bits per heavy atom. The number of hydrogen-bond donors (Lipinski definition) is 2. The molecular weight excluding hydrogens is 330 g/mol. The molecule has 132 valence electrons. The number of likely N-dealkylation sites (tertiary alicyclic amines) is 1. The van der Waals surface area contributed by atoms with Crippen molar-refractivity contribution in [3.63, 3.8) is 0 Å². The molecule has 2 N–H and O–H groups in total. The van der Waals surface area contributed by atoms with Gasteiger partial charge in [-0.2, -0.15) is 0 Å². The molecule has 1 saturated heterocycles. The highest BCUT2D eigenvalue weighted by Gasteiger charge is 2.36. The Hall–Kier alpha value is -2.61.